The van der Waals surface area contributed by atoms with Crippen molar-refractivity contribution in [1.29, 1.82) is 0 Å². The molecule has 0 saturated heterocycles. The van der Waals surface area contributed by atoms with Crippen molar-refractivity contribution in [3.05, 3.63) is 58.7 Å². The Morgan fingerprint density at radius 2 is 2.00 bits per heavy atom. The van der Waals surface area contributed by atoms with Gasteiger partial charge in [0.25, 0.3) is 5.91 Å². The van der Waals surface area contributed by atoms with Gasteiger partial charge in [-0.3, -0.25) is 10.1 Å². The summed E-state index contributed by atoms with van der Waals surface area (Å²) in [6.07, 6.45) is 0. The van der Waals surface area contributed by atoms with Gasteiger partial charge in [0.05, 0.1) is 17.7 Å². The van der Waals surface area contributed by atoms with Gasteiger partial charge in [0, 0.05) is 23.1 Å². The van der Waals surface area contributed by atoms with Crippen molar-refractivity contribution in [2.45, 2.75) is 18.7 Å². The number of benzene rings is 2. The van der Waals surface area contributed by atoms with Crippen molar-refractivity contribution in [3.8, 4) is 17.0 Å². The number of anilines is 1. The first-order chi connectivity index (χ1) is 14.2. The van der Waals surface area contributed by atoms with Crippen LogP contribution in [-0.4, -0.2) is 33.0 Å². The fourth-order valence-electron chi connectivity index (χ4n) is 2.74. The molecule has 0 atom stereocenters. The standard InChI is InChI=1S/C20H20FN3O4S2/c1-4-22-30(26,27)14-7-5-12(2)15(10-14)19(25)24-20-23-17(11-29-20)13-6-8-18(28-3)16(21)9-13/h5-11,22H,4H2,1-3H3,(H,23,24,25). The van der Waals surface area contributed by atoms with Crippen LogP contribution in [0.2, 0.25) is 0 Å². The fraction of sp³-hybridized carbons (Fsp3) is 0.200. The van der Waals surface area contributed by atoms with E-state index >= 15 is 0 Å². The number of nitrogens with one attached hydrogen (secondary N) is 2. The van der Waals surface area contributed by atoms with E-state index in [9.17, 15) is 17.6 Å². The molecular weight excluding hydrogens is 429 g/mol. The monoisotopic (exact) mass is 449 g/mol. The minimum atomic E-state index is -3.69. The Hall–Kier alpha value is -2.82. The van der Waals surface area contributed by atoms with Gasteiger partial charge in [-0.2, -0.15) is 0 Å². The molecule has 0 unspecified atom stereocenters. The van der Waals surface area contributed by atoms with E-state index in [-0.39, 0.29) is 22.8 Å². The molecule has 2 N–H and O–H groups in total. The Morgan fingerprint density at radius 3 is 2.67 bits per heavy atom. The van der Waals surface area contributed by atoms with Crippen LogP contribution in [0.5, 0.6) is 5.75 Å². The van der Waals surface area contributed by atoms with Gasteiger partial charge in [-0.25, -0.2) is 22.5 Å². The number of rotatable bonds is 7. The second-order valence-electron chi connectivity index (χ2n) is 6.32. The number of amides is 1. The molecule has 0 radical (unpaired) electrons. The molecule has 0 spiro atoms. The summed E-state index contributed by atoms with van der Waals surface area (Å²) in [6.45, 7) is 3.63. The molecule has 1 amide bonds. The van der Waals surface area contributed by atoms with Crippen LogP contribution in [-0.2, 0) is 10.0 Å². The van der Waals surface area contributed by atoms with Crippen molar-refractivity contribution in [1.82, 2.24) is 9.71 Å². The summed E-state index contributed by atoms with van der Waals surface area (Å²) in [5, 5.41) is 4.67. The lowest BCUT2D eigenvalue weighted by Crippen LogP contribution is -2.24. The van der Waals surface area contributed by atoms with E-state index in [1.54, 1.807) is 31.4 Å². The Labute approximate surface area is 178 Å². The van der Waals surface area contributed by atoms with Crippen LogP contribution in [0.3, 0.4) is 0 Å². The molecule has 158 valence electrons. The molecule has 0 aliphatic carbocycles. The number of ether oxygens (including phenoxy) is 1. The first kappa shape index (κ1) is 21.9. The predicted octanol–water partition coefficient (Wildman–Crippen LogP) is 3.82. The van der Waals surface area contributed by atoms with Crippen LogP contribution >= 0.6 is 11.3 Å². The average molecular weight is 450 g/mol. The molecule has 7 nitrogen and oxygen atoms in total. The summed E-state index contributed by atoms with van der Waals surface area (Å²) in [5.41, 5.74) is 1.88. The molecule has 1 heterocycles. The van der Waals surface area contributed by atoms with Gasteiger partial charge in [0.1, 0.15) is 0 Å². The number of hydrogen-bond donors (Lipinski definition) is 2. The van der Waals surface area contributed by atoms with Crippen LogP contribution in [0.1, 0.15) is 22.8 Å². The number of methoxy groups -OCH3 is 1. The molecule has 3 aromatic rings. The first-order valence-corrected chi connectivity index (χ1v) is 11.3. The summed E-state index contributed by atoms with van der Waals surface area (Å²) in [4.78, 5) is 17.0. The number of aromatic nitrogens is 1. The molecule has 10 heteroatoms. The van der Waals surface area contributed by atoms with Crippen LogP contribution in [0.4, 0.5) is 9.52 Å². The lowest BCUT2D eigenvalue weighted by molar-refractivity contribution is 0.102. The number of aryl methyl sites for hydroxylation is 1. The number of halogens is 1. The molecule has 0 aliphatic heterocycles. The van der Waals surface area contributed by atoms with Crippen molar-refractivity contribution < 1.29 is 22.3 Å². The van der Waals surface area contributed by atoms with E-state index in [4.69, 9.17) is 4.74 Å². The Kier molecular flexibility index (Phi) is 6.49. The highest BCUT2D eigenvalue weighted by atomic mass is 32.2. The maximum atomic E-state index is 13.9. The van der Waals surface area contributed by atoms with Crippen molar-refractivity contribution in [2.24, 2.45) is 0 Å². The number of carbonyl (C=O) groups excluding carboxylic acids is 1. The Bertz CT molecular complexity index is 1190. The van der Waals surface area contributed by atoms with Crippen molar-refractivity contribution in [2.75, 3.05) is 19.0 Å². The molecule has 0 saturated carbocycles. The molecule has 0 aliphatic rings. The summed E-state index contributed by atoms with van der Waals surface area (Å²) in [7, 11) is -2.30. The van der Waals surface area contributed by atoms with Crippen LogP contribution in [0.15, 0.2) is 46.7 Å². The molecule has 2 aromatic carbocycles. The minimum Gasteiger partial charge on any atom is -0.494 e. The molecule has 0 bridgehead atoms. The van der Waals surface area contributed by atoms with Gasteiger partial charge in [0.15, 0.2) is 16.7 Å². The van der Waals surface area contributed by atoms with Crippen LogP contribution in [0.25, 0.3) is 11.3 Å². The van der Waals surface area contributed by atoms with Gasteiger partial charge >= 0.3 is 0 Å². The highest BCUT2D eigenvalue weighted by Gasteiger charge is 2.18. The van der Waals surface area contributed by atoms with Gasteiger partial charge in [-0.05, 0) is 42.8 Å². The average Bonchev–Trinajstić information content (AvgIpc) is 3.16. The fourth-order valence-corrected chi connectivity index (χ4v) is 4.52. The lowest BCUT2D eigenvalue weighted by atomic mass is 10.1. The molecule has 3 rings (SSSR count). The van der Waals surface area contributed by atoms with Crippen LogP contribution in [0, 0.1) is 12.7 Å². The topological polar surface area (TPSA) is 97.4 Å². The Balaban J connectivity index is 1.83. The van der Waals surface area contributed by atoms with E-state index in [1.165, 1.54) is 42.7 Å². The second-order valence-corrected chi connectivity index (χ2v) is 8.94. The zero-order valence-corrected chi connectivity index (χ0v) is 18.2. The normalized spacial score (nSPS) is 11.3. The maximum Gasteiger partial charge on any atom is 0.257 e. The second kappa shape index (κ2) is 8.90. The number of hydrogen-bond acceptors (Lipinski definition) is 6. The molecular formula is C20H20FN3O4S2. The van der Waals surface area contributed by atoms with E-state index in [1.807, 2.05) is 0 Å². The maximum absolute atomic E-state index is 13.9. The third-order valence-corrected chi connectivity index (χ3v) is 6.57. The van der Waals surface area contributed by atoms with E-state index in [2.05, 4.69) is 15.0 Å². The van der Waals surface area contributed by atoms with Gasteiger partial charge in [0.2, 0.25) is 10.0 Å². The van der Waals surface area contributed by atoms with Crippen LogP contribution < -0.4 is 14.8 Å². The SMILES string of the molecule is CCNS(=O)(=O)c1ccc(C)c(C(=O)Nc2nc(-c3ccc(OC)c(F)c3)cs2)c1. The predicted molar refractivity (Wildman–Crippen MR) is 114 cm³/mol. The quantitative estimate of drug-likeness (QED) is 0.572. The zero-order valence-electron chi connectivity index (χ0n) is 16.5. The van der Waals surface area contributed by atoms with E-state index in [0.29, 0.717) is 22.0 Å². The summed E-state index contributed by atoms with van der Waals surface area (Å²) >= 11 is 1.18. The van der Waals surface area contributed by atoms with E-state index < -0.39 is 21.7 Å². The summed E-state index contributed by atoms with van der Waals surface area (Å²) in [6, 6.07) is 8.83. The summed E-state index contributed by atoms with van der Waals surface area (Å²) in [5.74, 6) is -0.865. The molecule has 1 aromatic heterocycles. The number of sulfonamides is 1. The number of carbonyl (C=O) groups is 1. The lowest BCUT2D eigenvalue weighted by Gasteiger charge is -2.09. The van der Waals surface area contributed by atoms with Gasteiger partial charge in [-0.1, -0.05) is 13.0 Å². The highest BCUT2D eigenvalue weighted by molar-refractivity contribution is 7.89. The zero-order chi connectivity index (χ0) is 21.9. The number of thiazole rings is 1. The van der Waals surface area contributed by atoms with Crippen molar-refractivity contribution in [3.63, 3.8) is 0 Å². The molecule has 0 fully saturated rings. The first-order valence-electron chi connectivity index (χ1n) is 8.96. The Morgan fingerprint density at radius 1 is 1.23 bits per heavy atom. The van der Waals surface area contributed by atoms with E-state index in [0.717, 1.165) is 0 Å². The largest absolute Gasteiger partial charge is 0.494 e. The smallest absolute Gasteiger partial charge is 0.257 e. The minimum absolute atomic E-state index is 0.00800. The number of nitrogens with zero attached hydrogens (tertiary/aromatic N) is 1. The van der Waals surface area contributed by atoms with Crippen molar-refractivity contribution >= 4 is 32.4 Å². The third-order valence-electron chi connectivity index (χ3n) is 4.27. The summed E-state index contributed by atoms with van der Waals surface area (Å²) < 4.78 is 45.7. The third kappa shape index (κ3) is 4.66. The molecule has 30 heavy (non-hydrogen) atoms. The van der Waals surface area contributed by atoms with Gasteiger partial charge < -0.3 is 4.74 Å². The highest BCUT2D eigenvalue weighted by Crippen LogP contribution is 2.29. The van der Waals surface area contributed by atoms with Gasteiger partial charge in [-0.15, -0.1) is 11.3 Å².